The first-order chi connectivity index (χ1) is 12.0. The second-order valence-electron chi connectivity index (χ2n) is 6.09. The van der Waals surface area contributed by atoms with Crippen LogP contribution >= 0.6 is 15.9 Å². The average molecular weight is 402 g/mol. The lowest BCUT2D eigenvalue weighted by atomic mass is 10.2. The number of nitrogens with zero attached hydrogens (tertiary/aromatic N) is 4. The molecule has 0 spiro atoms. The highest BCUT2D eigenvalue weighted by molar-refractivity contribution is 9.11. The first-order valence-corrected chi connectivity index (χ1v) is 8.99. The Labute approximate surface area is 155 Å². The van der Waals surface area contributed by atoms with E-state index in [9.17, 15) is 4.79 Å². The fraction of sp³-hybridized carbons (Fsp3) is 0.333. The molecule has 1 saturated carbocycles. The summed E-state index contributed by atoms with van der Waals surface area (Å²) in [4.78, 5) is 16.3. The van der Waals surface area contributed by atoms with E-state index in [2.05, 4.69) is 47.6 Å². The Hall–Kier alpha value is -2.28. The fourth-order valence-electron chi connectivity index (χ4n) is 2.47. The van der Waals surface area contributed by atoms with Crippen LogP contribution in [-0.4, -0.2) is 32.9 Å². The van der Waals surface area contributed by atoms with Gasteiger partial charge in [-0.1, -0.05) is 34.7 Å². The van der Waals surface area contributed by atoms with Gasteiger partial charge in [-0.2, -0.15) is 0 Å². The van der Waals surface area contributed by atoms with Crippen LogP contribution in [0.1, 0.15) is 38.1 Å². The van der Waals surface area contributed by atoms with E-state index in [4.69, 9.17) is 0 Å². The molecule has 130 valence electrons. The van der Waals surface area contributed by atoms with Gasteiger partial charge in [0, 0.05) is 18.3 Å². The monoisotopic (exact) mass is 401 g/mol. The number of allylic oxidation sites excluding steroid dienone is 4. The Morgan fingerprint density at radius 1 is 1.48 bits per heavy atom. The Morgan fingerprint density at radius 2 is 2.28 bits per heavy atom. The van der Waals surface area contributed by atoms with Crippen LogP contribution in [0.3, 0.4) is 0 Å². The SMILES string of the molecule is C=C(/C=C\C=C(/C)c1nncn1C1CC1)NC(=O)C1=NCCC(Br)=C1. The van der Waals surface area contributed by atoms with Gasteiger partial charge in [-0.05, 0) is 48.4 Å². The number of carbonyl (C=O) groups excluding carboxylic acids is 1. The zero-order chi connectivity index (χ0) is 17.8. The molecule has 1 fully saturated rings. The number of halogens is 1. The molecule has 1 aliphatic carbocycles. The molecule has 1 aliphatic heterocycles. The van der Waals surface area contributed by atoms with Gasteiger partial charge >= 0.3 is 0 Å². The van der Waals surface area contributed by atoms with Gasteiger partial charge in [0.15, 0.2) is 5.82 Å². The van der Waals surface area contributed by atoms with Crippen LogP contribution in [0.15, 0.2) is 52.4 Å². The molecule has 0 saturated heterocycles. The molecule has 6 nitrogen and oxygen atoms in total. The largest absolute Gasteiger partial charge is 0.321 e. The normalized spacial score (nSPS) is 18.1. The van der Waals surface area contributed by atoms with Crippen molar-refractivity contribution in [3.63, 3.8) is 0 Å². The van der Waals surface area contributed by atoms with Gasteiger partial charge in [0.1, 0.15) is 12.0 Å². The summed E-state index contributed by atoms with van der Waals surface area (Å²) in [5.41, 5.74) is 1.94. The topological polar surface area (TPSA) is 72.2 Å². The van der Waals surface area contributed by atoms with Gasteiger partial charge in [0.2, 0.25) is 0 Å². The van der Waals surface area contributed by atoms with Crippen molar-refractivity contribution in [1.82, 2.24) is 20.1 Å². The smallest absolute Gasteiger partial charge is 0.273 e. The molecule has 2 aliphatic rings. The van der Waals surface area contributed by atoms with Crippen LogP contribution in [0, 0.1) is 0 Å². The van der Waals surface area contributed by atoms with Crippen molar-refractivity contribution in [2.75, 3.05) is 6.54 Å². The summed E-state index contributed by atoms with van der Waals surface area (Å²) >= 11 is 3.40. The second-order valence-corrected chi connectivity index (χ2v) is 7.11. The molecule has 7 heteroatoms. The molecule has 0 atom stereocenters. The van der Waals surface area contributed by atoms with Crippen molar-refractivity contribution >= 4 is 33.1 Å². The number of hydrogen-bond donors (Lipinski definition) is 1. The summed E-state index contributed by atoms with van der Waals surface area (Å²) < 4.78 is 3.09. The number of dihydropyridines is 1. The van der Waals surface area contributed by atoms with E-state index in [1.54, 1.807) is 18.5 Å². The first kappa shape index (κ1) is 17.5. The number of aromatic nitrogens is 3. The lowest BCUT2D eigenvalue weighted by Crippen LogP contribution is -2.29. The first-order valence-electron chi connectivity index (χ1n) is 8.20. The van der Waals surface area contributed by atoms with Gasteiger partial charge in [-0.25, -0.2) is 0 Å². The lowest BCUT2D eigenvalue weighted by Gasteiger charge is -2.09. The third-order valence-electron chi connectivity index (χ3n) is 3.94. The molecule has 25 heavy (non-hydrogen) atoms. The molecule has 1 aromatic heterocycles. The molecule has 0 bridgehead atoms. The molecular formula is C18H20BrN5O. The van der Waals surface area contributed by atoms with E-state index in [1.807, 2.05) is 19.1 Å². The minimum atomic E-state index is -0.250. The van der Waals surface area contributed by atoms with Crippen LogP contribution in [0.4, 0.5) is 0 Å². The number of nitrogens with one attached hydrogen (secondary N) is 1. The standard InChI is InChI=1S/C18H20BrN5O/c1-12(17-23-21-11-24(17)15-6-7-15)4-3-5-13(2)22-18(25)16-10-14(19)8-9-20-16/h3-5,10-11,15H,2,6-9H2,1H3,(H,22,25)/b5-3-,12-4+. The Bertz CT molecular complexity index is 811. The number of aliphatic imine (C=N–C) groups is 1. The zero-order valence-corrected chi connectivity index (χ0v) is 15.7. The van der Waals surface area contributed by atoms with Crippen LogP contribution < -0.4 is 5.32 Å². The summed E-state index contributed by atoms with van der Waals surface area (Å²) in [5, 5.41) is 10.9. The minimum absolute atomic E-state index is 0.250. The highest BCUT2D eigenvalue weighted by Gasteiger charge is 2.26. The Kier molecular flexibility index (Phi) is 5.43. The van der Waals surface area contributed by atoms with Crippen molar-refractivity contribution in [1.29, 1.82) is 0 Å². The third-order valence-corrected chi connectivity index (χ3v) is 4.57. The van der Waals surface area contributed by atoms with Crippen molar-refractivity contribution in [2.24, 2.45) is 4.99 Å². The summed E-state index contributed by atoms with van der Waals surface area (Å²) in [6, 6.07) is 0.537. The van der Waals surface area contributed by atoms with E-state index < -0.39 is 0 Å². The average Bonchev–Trinajstić information content (AvgIpc) is 3.31. The van der Waals surface area contributed by atoms with E-state index in [-0.39, 0.29) is 5.91 Å². The number of amides is 1. The van der Waals surface area contributed by atoms with E-state index in [1.165, 1.54) is 12.8 Å². The maximum Gasteiger partial charge on any atom is 0.273 e. The molecule has 2 heterocycles. The molecule has 0 unspecified atom stereocenters. The number of carbonyl (C=O) groups is 1. The van der Waals surface area contributed by atoms with Crippen molar-refractivity contribution in [3.05, 3.63) is 53.2 Å². The van der Waals surface area contributed by atoms with Crippen molar-refractivity contribution in [3.8, 4) is 0 Å². The van der Waals surface area contributed by atoms with Crippen LogP contribution in [0.5, 0.6) is 0 Å². The lowest BCUT2D eigenvalue weighted by molar-refractivity contribution is -0.114. The van der Waals surface area contributed by atoms with E-state index in [0.717, 1.165) is 22.3 Å². The highest BCUT2D eigenvalue weighted by atomic mass is 79.9. The van der Waals surface area contributed by atoms with Crippen LogP contribution in [0.2, 0.25) is 0 Å². The zero-order valence-electron chi connectivity index (χ0n) is 14.1. The minimum Gasteiger partial charge on any atom is -0.321 e. The molecule has 1 N–H and O–H groups in total. The summed E-state index contributed by atoms with van der Waals surface area (Å²) in [7, 11) is 0. The molecule has 3 rings (SSSR count). The maximum absolute atomic E-state index is 12.1. The molecule has 0 aromatic carbocycles. The maximum atomic E-state index is 12.1. The summed E-state index contributed by atoms with van der Waals surface area (Å²) in [6.07, 6.45) is 12.3. The predicted octanol–water partition coefficient (Wildman–Crippen LogP) is 3.33. The fourth-order valence-corrected chi connectivity index (χ4v) is 2.86. The predicted molar refractivity (Wildman–Crippen MR) is 102 cm³/mol. The molecule has 0 radical (unpaired) electrons. The van der Waals surface area contributed by atoms with Crippen LogP contribution in [-0.2, 0) is 4.79 Å². The van der Waals surface area contributed by atoms with Crippen molar-refractivity contribution < 1.29 is 4.79 Å². The number of rotatable bonds is 6. The Morgan fingerprint density at radius 3 is 3.00 bits per heavy atom. The molecular weight excluding hydrogens is 382 g/mol. The van der Waals surface area contributed by atoms with Gasteiger partial charge in [0.05, 0.1) is 0 Å². The van der Waals surface area contributed by atoms with Gasteiger partial charge in [0.25, 0.3) is 5.91 Å². The highest BCUT2D eigenvalue weighted by Crippen LogP contribution is 2.36. The van der Waals surface area contributed by atoms with Crippen LogP contribution in [0.25, 0.3) is 5.57 Å². The van der Waals surface area contributed by atoms with Gasteiger partial charge in [-0.3, -0.25) is 9.79 Å². The number of hydrogen-bond acceptors (Lipinski definition) is 4. The van der Waals surface area contributed by atoms with E-state index >= 15 is 0 Å². The quantitative estimate of drug-likeness (QED) is 0.742. The molecule has 1 aromatic rings. The second kappa shape index (κ2) is 7.74. The third kappa shape index (κ3) is 4.63. The summed E-state index contributed by atoms with van der Waals surface area (Å²) in [5.74, 6) is 0.633. The Balaban J connectivity index is 1.58. The van der Waals surface area contributed by atoms with Gasteiger partial charge in [-0.15, -0.1) is 10.2 Å². The van der Waals surface area contributed by atoms with Gasteiger partial charge < -0.3 is 9.88 Å². The summed E-state index contributed by atoms with van der Waals surface area (Å²) in [6.45, 7) is 6.47. The van der Waals surface area contributed by atoms with Crippen molar-refractivity contribution in [2.45, 2.75) is 32.2 Å². The van der Waals surface area contributed by atoms with E-state index in [0.29, 0.717) is 24.0 Å². The molecule has 1 amide bonds.